The molecule has 2 N–H and O–H groups in total. The Kier molecular flexibility index (Phi) is 12.9. The topological polar surface area (TPSA) is 76.7 Å². The van der Waals surface area contributed by atoms with Crippen molar-refractivity contribution in [3.05, 3.63) is 47.2 Å². The molecule has 3 atom stereocenters. The van der Waals surface area contributed by atoms with Crippen molar-refractivity contribution in [2.75, 3.05) is 13.2 Å². The molecule has 6 heteroatoms. The Balaban J connectivity index is 0.000000258. The van der Waals surface area contributed by atoms with Gasteiger partial charge in [0.2, 0.25) is 0 Å². The molecule has 35 heavy (non-hydrogen) atoms. The number of nitrogens with one attached hydrogen (secondary N) is 2. The van der Waals surface area contributed by atoms with Crippen molar-refractivity contribution in [3.63, 3.8) is 0 Å². The van der Waals surface area contributed by atoms with Gasteiger partial charge in [0.05, 0.1) is 24.7 Å². The van der Waals surface area contributed by atoms with Crippen molar-refractivity contribution < 1.29 is 19.1 Å². The lowest BCUT2D eigenvalue weighted by Gasteiger charge is -2.32. The molecule has 0 bridgehead atoms. The molecule has 0 unspecified atom stereocenters. The average Bonchev–Trinajstić information content (AvgIpc) is 2.85. The van der Waals surface area contributed by atoms with Gasteiger partial charge in [-0.2, -0.15) is 0 Å². The molecule has 3 rings (SSSR count). The Morgan fingerprint density at radius 1 is 0.914 bits per heavy atom. The minimum absolute atomic E-state index is 0.0182. The first-order valence-corrected chi connectivity index (χ1v) is 13.5. The third-order valence-corrected chi connectivity index (χ3v) is 6.58. The van der Waals surface area contributed by atoms with Crippen molar-refractivity contribution >= 4 is 11.9 Å². The number of allylic oxidation sites excluding steroid dienone is 1. The van der Waals surface area contributed by atoms with E-state index in [1.807, 2.05) is 32.0 Å². The van der Waals surface area contributed by atoms with Crippen LogP contribution in [0, 0.1) is 5.92 Å². The Labute approximate surface area is 212 Å². The van der Waals surface area contributed by atoms with Gasteiger partial charge in [-0.05, 0) is 64.9 Å². The maximum absolute atomic E-state index is 12.0. The average molecular weight is 487 g/mol. The molecule has 2 aliphatic carbocycles. The van der Waals surface area contributed by atoms with Gasteiger partial charge in [0, 0.05) is 23.8 Å². The van der Waals surface area contributed by atoms with Gasteiger partial charge in [-0.1, -0.05) is 57.0 Å². The van der Waals surface area contributed by atoms with Crippen molar-refractivity contribution in [3.8, 4) is 0 Å². The lowest BCUT2D eigenvalue weighted by Crippen LogP contribution is -2.45. The summed E-state index contributed by atoms with van der Waals surface area (Å²) in [5, 5.41) is 6.97. The third-order valence-electron chi connectivity index (χ3n) is 6.58. The number of hydrogen-bond donors (Lipinski definition) is 2. The summed E-state index contributed by atoms with van der Waals surface area (Å²) in [4.78, 5) is 23.7. The summed E-state index contributed by atoms with van der Waals surface area (Å²) >= 11 is 0. The van der Waals surface area contributed by atoms with Crippen LogP contribution in [0.25, 0.3) is 0 Å². The fourth-order valence-electron chi connectivity index (χ4n) is 4.88. The van der Waals surface area contributed by atoms with Crippen molar-refractivity contribution in [2.24, 2.45) is 5.92 Å². The number of hydrogen-bond acceptors (Lipinski definition) is 6. The molecule has 6 nitrogen and oxygen atoms in total. The predicted molar refractivity (Wildman–Crippen MR) is 141 cm³/mol. The first-order chi connectivity index (χ1) is 16.9. The minimum atomic E-state index is -0.157. The second-order valence-corrected chi connectivity index (χ2v) is 9.73. The van der Waals surface area contributed by atoms with Gasteiger partial charge >= 0.3 is 11.9 Å². The van der Waals surface area contributed by atoms with Crippen molar-refractivity contribution in [1.82, 2.24) is 10.6 Å². The highest BCUT2D eigenvalue weighted by molar-refractivity contribution is 5.89. The van der Waals surface area contributed by atoms with E-state index in [0.717, 1.165) is 56.2 Å². The number of carbonyl (C=O) groups is 2. The molecule has 1 fully saturated rings. The van der Waals surface area contributed by atoms with Gasteiger partial charge in [0.15, 0.2) is 0 Å². The van der Waals surface area contributed by atoms with Crippen LogP contribution in [0.5, 0.6) is 0 Å². The predicted octanol–water partition coefficient (Wildman–Crippen LogP) is 5.83. The van der Waals surface area contributed by atoms with Crippen LogP contribution in [0.4, 0.5) is 0 Å². The summed E-state index contributed by atoms with van der Waals surface area (Å²) in [6.07, 6.45) is 8.41. The monoisotopic (exact) mass is 486 g/mol. The fraction of sp³-hybridized carbons (Fsp3) is 0.655. The highest BCUT2D eigenvalue weighted by atomic mass is 16.5. The number of ether oxygens (including phenoxy) is 2. The molecule has 1 saturated carbocycles. The normalized spacial score (nSPS) is 21.0. The number of benzene rings is 1. The van der Waals surface area contributed by atoms with Gasteiger partial charge < -0.3 is 20.1 Å². The number of esters is 2. The fourth-order valence-corrected chi connectivity index (χ4v) is 4.88. The van der Waals surface area contributed by atoms with E-state index in [4.69, 9.17) is 9.47 Å². The maximum Gasteiger partial charge on any atom is 0.335 e. The zero-order valence-electron chi connectivity index (χ0n) is 22.4. The van der Waals surface area contributed by atoms with Gasteiger partial charge in [-0.15, -0.1) is 0 Å². The summed E-state index contributed by atoms with van der Waals surface area (Å²) < 4.78 is 10.3. The molecule has 0 amide bonds. The molecule has 0 radical (unpaired) electrons. The quantitative estimate of drug-likeness (QED) is 0.427. The SMILES string of the molecule is CCOC(=O)C1=C(N[C@@H](C)c2ccccc2)CCCC1.CCOC(=O)[C@@H]1CCCC[C@@H]1NC(C)C. The zero-order chi connectivity index (χ0) is 25.6. The molecule has 196 valence electrons. The Morgan fingerprint density at radius 2 is 1.57 bits per heavy atom. The van der Waals surface area contributed by atoms with Crippen LogP contribution in [0.15, 0.2) is 41.6 Å². The first-order valence-electron chi connectivity index (χ1n) is 13.5. The van der Waals surface area contributed by atoms with E-state index in [-0.39, 0.29) is 23.9 Å². The molecule has 2 aliphatic rings. The molecule has 0 spiro atoms. The van der Waals surface area contributed by atoms with E-state index in [2.05, 4.69) is 43.5 Å². The van der Waals surface area contributed by atoms with Crippen LogP contribution in [0.3, 0.4) is 0 Å². The zero-order valence-corrected chi connectivity index (χ0v) is 22.4. The van der Waals surface area contributed by atoms with Crippen LogP contribution in [0.2, 0.25) is 0 Å². The van der Waals surface area contributed by atoms with Gasteiger partial charge in [-0.3, -0.25) is 4.79 Å². The van der Waals surface area contributed by atoms with Crippen LogP contribution < -0.4 is 10.6 Å². The third kappa shape index (κ3) is 9.67. The summed E-state index contributed by atoms with van der Waals surface area (Å²) in [6, 6.07) is 11.2. The van der Waals surface area contributed by atoms with Crippen LogP contribution in [0.1, 0.15) is 97.6 Å². The molecule has 0 aliphatic heterocycles. The molecule has 0 aromatic heterocycles. The Bertz CT molecular complexity index is 806. The lowest BCUT2D eigenvalue weighted by molar-refractivity contribution is -0.150. The summed E-state index contributed by atoms with van der Waals surface area (Å²) in [7, 11) is 0. The molecule has 0 saturated heterocycles. The highest BCUT2D eigenvalue weighted by Gasteiger charge is 2.32. The van der Waals surface area contributed by atoms with Gasteiger partial charge in [0.25, 0.3) is 0 Å². The van der Waals surface area contributed by atoms with Crippen LogP contribution in [-0.4, -0.2) is 37.2 Å². The van der Waals surface area contributed by atoms with Gasteiger partial charge in [-0.25, -0.2) is 4.79 Å². The lowest BCUT2D eigenvalue weighted by atomic mass is 9.84. The standard InChI is InChI=1S/C17H23NO2.C12H23NO2/c1-3-20-17(19)15-11-7-8-12-16(15)18-13(2)14-9-5-4-6-10-14;1-4-15-12(14)10-7-5-6-8-11(10)13-9(2)3/h4-6,9-10,13,18H,3,7-8,11-12H2,1-2H3;9-11,13H,4-8H2,1-3H3/t13-;10-,11+/m01/s1. The van der Waals surface area contributed by atoms with Crippen molar-refractivity contribution in [2.45, 2.75) is 104 Å². The number of rotatable bonds is 9. The smallest absolute Gasteiger partial charge is 0.335 e. The van der Waals surface area contributed by atoms with E-state index in [1.165, 1.54) is 12.0 Å². The van der Waals surface area contributed by atoms with E-state index >= 15 is 0 Å². The first kappa shape index (κ1) is 28.9. The Hall–Kier alpha value is -2.34. The van der Waals surface area contributed by atoms with Crippen LogP contribution in [-0.2, 0) is 19.1 Å². The second-order valence-electron chi connectivity index (χ2n) is 9.73. The van der Waals surface area contributed by atoms with E-state index in [1.54, 1.807) is 0 Å². The van der Waals surface area contributed by atoms with E-state index < -0.39 is 0 Å². The highest BCUT2D eigenvalue weighted by Crippen LogP contribution is 2.27. The molecule has 1 aromatic rings. The summed E-state index contributed by atoms with van der Waals surface area (Å²) in [5.41, 5.74) is 3.13. The largest absolute Gasteiger partial charge is 0.466 e. The van der Waals surface area contributed by atoms with Crippen LogP contribution >= 0.6 is 0 Å². The molecule has 0 heterocycles. The second kappa shape index (κ2) is 15.6. The van der Waals surface area contributed by atoms with Crippen molar-refractivity contribution in [1.29, 1.82) is 0 Å². The number of carbonyl (C=O) groups excluding carboxylic acids is 2. The summed E-state index contributed by atoms with van der Waals surface area (Å²) in [6.45, 7) is 11.0. The van der Waals surface area contributed by atoms with E-state index in [0.29, 0.717) is 25.3 Å². The summed E-state index contributed by atoms with van der Waals surface area (Å²) in [5.74, 6) is -0.105. The molecular formula is C29H46N2O4. The van der Waals surface area contributed by atoms with E-state index in [9.17, 15) is 9.59 Å². The Morgan fingerprint density at radius 3 is 2.23 bits per heavy atom. The molecular weight excluding hydrogens is 440 g/mol. The molecule has 1 aromatic carbocycles. The van der Waals surface area contributed by atoms with Gasteiger partial charge in [0.1, 0.15) is 0 Å². The minimum Gasteiger partial charge on any atom is -0.466 e. The maximum atomic E-state index is 12.0.